The van der Waals surface area contributed by atoms with E-state index in [0.717, 1.165) is 0 Å². The molecular formula is C12H11Cl2FN2O3. The van der Waals surface area contributed by atoms with E-state index in [1.165, 1.54) is 17.0 Å². The summed E-state index contributed by atoms with van der Waals surface area (Å²) >= 11 is 11.2. The van der Waals surface area contributed by atoms with Crippen LogP contribution in [0.3, 0.4) is 0 Å². The molecule has 108 valence electrons. The molecule has 8 heteroatoms. The monoisotopic (exact) mass is 320 g/mol. The van der Waals surface area contributed by atoms with E-state index in [4.69, 9.17) is 28.3 Å². The Hall–Kier alpha value is -1.53. The SMILES string of the molecule is O=C(O)C1CCN(C(=O)Nc2cc(Cl)c(F)c(Cl)c2)C1. The van der Waals surface area contributed by atoms with E-state index in [1.807, 2.05) is 0 Å². The average molecular weight is 321 g/mol. The van der Waals surface area contributed by atoms with Crippen molar-refractivity contribution >= 4 is 40.9 Å². The van der Waals surface area contributed by atoms with Crippen molar-refractivity contribution in [3.63, 3.8) is 0 Å². The van der Waals surface area contributed by atoms with E-state index >= 15 is 0 Å². The van der Waals surface area contributed by atoms with Gasteiger partial charge in [0.2, 0.25) is 0 Å². The quantitative estimate of drug-likeness (QED) is 0.823. The lowest BCUT2D eigenvalue weighted by Gasteiger charge is -2.17. The molecule has 0 aromatic heterocycles. The number of urea groups is 1. The minimum absolute atomic E-state index is 0.143. The van der Waals surface area contributed by atoms with Gasteiger partial charge < -0.3 is 15.3 Å². The number of hydrogen-bond donors (Lipinski definition) is 2. The fraction of sp³-hybridized carbons (Fsp3) is 0.333. The Morgan fingerprint density at radius 1 is 1.35 bits per heavy atom. The lowest BCUT2D eigenvalue weighted by Crippen LogP contribution is -2.33. The largest absolute Gasteiger partial charge is 0.481 e. The number of nitrogens with one attached hydrogen (secondary N) is 1. The van der Waals surface area contributed by atoms with Crippen LogP contribution < -0.4 is 5.32 Å². The Kier molecular flexibility index (Phi) is 4.35. The highest BCUT2D eigenvalue weighted by Gasteiger charge is 2.30. The third-order valence-corrected chi connectivity index (χ3v) is 3.61. The maximum Gasteiger partial charge on any atom is 0.321 e. The first-order valence-electron chi connectivity index (χ1n) is 5.81. The van der Waals surface area contributed by atoms with Crippen molar-refractivity contribution in [3.8, 4) is 0 Å². The first-order chi connectivity index (χ1) is 9.38. The molecule has 0 radical (unpaired) electrons. The topological polar surface area (TPSA) is 69.6 Å². The minimum Gasteiger partial charge on any atom is -0.481 e. The second kappa shape index (κ2) is 5.85. The van der Waals surface area contributed by atoms with Crippen LogP contribution in [0.2, 0.25) is 10.0 Å². The van der Waals surface area contributed by atoms with Crippen LogP contribution in [0.5, 0.6) is 0 Å². The predicted molar refractivity (Wildman–Crippen MR) is 72.8 cm³/mol. The highest BCUT2D eigenvalue weighted by molar-refractivity contribution is 6.35. The molecule has 0 bridgehead atoms. The minimum atomic E-state index is -0.923. The van der Waals surface area contributed by atoms with Crippen molar-refractivity contribution in [1.29, 1.82) is 0 Å². The third kappa shape index (κ3) is 3.13. The van der Waals surface area contributed by atoms with Gasteiger partial charge in [0.1, 0.15) is 0 Å². The van der Waals surface area contributed by atoms with Crippen molar-refractivity contribution in [2.45, 2.75) is 6.42 Å². The smallest absolute Gasteiger partial charge is 0.321 e. The summed E-state index contributed by atoms with van der Waals surface area (Å²) in [7, 11) is 0. The van der Waals surface area contributed by atoms with Gasteiger partial charge in [0.05, 0.1) is 16.0 Å². The second-order valence-electron chi connectivity index (χ2n) is 4.45. The van der Waals surface area contributed by atoms with Crippen LogP contribution in [0.25, 0.3) is 0 Å². The number of nitrogens with zero attached hydrogens (tertiary/aromatic N) is 1. The van der Waals surface area contributed by atoms with Gasteiger partial charge in [-0.2, -0.15) is 0 Å². The maximum absolute atomic E-state index is 13.2. The fourth-order valence-corrected chi connectivity index (χ4v) is 2.46. The van der Waals surface area contributed by atoms with Gasteiger partial charge in [-0.1, -0.05) is 23.2 Å². The van der Waals surface area contributed by atoms with Crippen LogP contribution in [0.1, 0.15) is 6.42 Å². The van der Waals surface area contributed by atoms with Gasteiger partial charge in [-0.15, -0.1) is 0 Å². The first kappa shape index (κ1) is 14.9. The summed E-state index contributed by atoms with van der Waals surface area (Å²) in [5, 5.41) is 11.0. The lowest BCUT2D eigenvalue weighted by atomic mass is 10.1. The number of carboxylic acid groups (broad SMARTS) is 1. The first-order valence-corrected chi connectivity index (χ1v) is 6.57. The molecular weight excluding hydrogens is 310 g/mol. The van der Waals surface area contributed by atoms with Crippen molar-refractivity contribution in [3.05, 3.63) is 28.0 Å². The number of amides is 2. The molecule has 0 spiro atoms. The van der Waals surface area contributed by atoms with Gasteiger partial charge in [-0.25, -0.2) is 9.18 Å². The molecule has 0 aliphatic carbocycles. The van der Waals surface area contributed by atoms with E-state index in [9.17, 15) is 14.0 Å². The Labute approximate surface area is 124 Å². The zero-order valence-corrected chi connectivity index (χ0v) is 11.7. The van der Waals surface area contributed by atoms with Gasteiger partial charge in [0.25, 0.3) is 0 Å². The van der Waals surface area contributed by atoms with E-state index in [2.05, 4.69) is 5.32 Å². The van der Waals surface area contributed by atoms with Crippen LogP contribution in [0, 0.1) is 11.7 Å². The summed E-state index contributed by atoms with van der Waals surface area (Å²) in [5.74, 6) is -2.23. The molecule has 1 aliphatic rings. The molecule has 1 aromatic carbocycles. The Morgan fingerprint density at radius 2 is 1.95 bits per heavy atom. The number of carbonyl (C=O) groups is 2. The van der Waals surface area contributed by atoms with Crippen LogP contribution in [0.4, 0.5) is 14.9 Å². The van der Waals surface area contributed by atoms with Crippen molar-refractivity contribution in [2.75, 3.05) is 18.4 Å². The van der Waals surface area contributed by atoms with Crippen LogP contribution >= 0.6 is 23.2 Å². The summed E-state index contributed by atoms with van der Waals surface area (Å²) < 4.78 is 13.2. The number of carbonyl (C=O) groups excluding carboxylic acids is 1. The Balaban J connectivity index is 2.04. The van der Waals surface area contributed by atoms with E-state index in [0.29, 0.717) is 13.0 Å². The summed E-state index contributed by atoms with van der Waals surface area (Å²) in [6.07, 6.45) is 0.410. The highest BCUT2D eigenvalue weighted by Crippen LogP contribution is 2.27. The summed E-state index contributed by atoms with van der Waals surface area (Å²) in [6, 6.07) is 2.02. The number of rotatable bonds is 2. The normalized spacial score (nSPS) is 18.1. The molecule has 1 unspecified atom stereocenters. The Bertz CT molecular complexity index is 545. The molecule has 1 aromatic rings. The molecule has 1 heterocycles. The molecule has 1 fully saturated rings. The van der Waals surface area contributed by atoms with Crippen LogP contribution in [-0.4, -0.2) is 35.1 Å². The molecule has 1 saturated heterocycles. The predicted octanol–water partition coefficient (Wildman–Crippen LogP) is 3.07. The molecule has 1 aliphatic heterocycles. The highest BCUT2D eigenvalue weighted by atomic mass is 35.5. The van der Waals surface area contributed by atoms with Crippen LogP contribution in [-0.2, 0) is 4.79 Å². The zero-order chi connectivity index (χ0) is 14.9. The summed E-state index contributed by atoms with van der Waals surface area (Å²) in [6.45, 7) is 0.495. The summed E-state index contributed by atoms with van der Waals surface area (Å²) in [4.78, 5) is 24.1. The van der Waals surface area contributed by atoms with Gasteiger partial charge >= 0.3 is 12.0 Å². The standard InChI is InChI=1S/C12H11Cl2FN2O3/c13-8-3-7(4-9(14)10(8)15)16-12(20)17-2-1-6(5-17)11(18)19/h3-4,6H,1-2,5H2,(H,16,20)(H,18,19). The number of halogens is 3. The molecule has 2 N–H and O–H groups in total. The fourth-order valence-electron chi connectivity index (χ4n) is 1.98. The molecule has 2 rings (SSSR count). The zero-order valence-electron chi connectivity index (χ0n) is 10.2. The van der Waals surface area contributed by atoms with Gasteiger partial charge in [-0.05, 0) is 18.6 Å². The summed E-state index contributed by atoms with van der Waals surface area (Å²) in [5.41, 5.74) is 0.255. The van der Waals surface area contributed by atoms with E-state index in [-0.39, 0.29) is 22.3 Å². The number of anilines is 1. The Morgan fingerprint density at radius 3 is 2.45 bits per heavy atom. The molecule has 20 heavy (non-hydrogen) atoms. The molecule has 5 nitrogen and oxygen atoms in total. The van der Waals surface area contributed by atoms with E-state index in [1.54, 1.807) is 0 Å². The average Bonchev–Trinajstić information content (AvgIpc) is 2.85. The second-order valence-corrected chi connectivity index (χ2v) is 5.27. The molecule has 1 atom stereocenters. The lowest BCUT2D eigenvalue weighted by molar-refractivity contribution is -0.141. The molecule has 0 saturated carbocycles. The van der Waals surface area contributed by atoms with Crippen molar-refractivity contribution in [1.82, 2.24) is 4.90 Å². The third-order valence-electron chi connectivity index (χ3n) is 3.06. The number of likely N-dealkylation sites (tertiary alicyclic amines) is 1. The van der Waals surface area contributed by atoms with Gasteiger partial charge in [-0.3, -0.25) is 4.79 Å². The molecule has 2 amide bonds. The number of benzene rings is 1. The van der Waals surface area contributed by atoms with Crippen LogP contribution in [0.15, 0.2) is 12.1 Å². The van der Waals surface area contributed by atoms with E-state index < -0.39 is 23.7 Å². The number of hydrogen-bond acceptors (Lipinski definition) is 2. The van der Waals surface area contributed by atoms with Gasteiger partial charge in [0, 0.05) is 18.8 Å². The van der Waals surface area contributed by atoms with Crippen molar-refractivity contribution < 1.29 is 19.1 Å². The van der Waals surface area contributed by atoms with Gasteiger partial charge in [0.15, 0.2) is 5.82 Å². The number of aliphatic carboxylic acids is 1. The van der Waals surface area contributed by atoms with Crippen molar-refractivity contribution in [2.24, 2.45) is 5.92 Å². The number of carboxylic acids is 1. The maximum atomic E-state index is 13.2.